The Morgan fingerprint density at radius 1 is 0.871 bits per heavy atom. The first kappa shape index (κ1) is 22.9. The fraction of sp³-hybridized carbons (Fsp3) is 0.458. The smallest absolute Gasteiger partial charge is 0.234 e. The lowest BCUT2D eigenvalue weighted by molar-refractivity contribution is -0.122. The van der Waals surface area contributed by atoms with Crippen molar-refractivity contribution in [2.45, 2.75) is 20.0 Å². The van der Waals surface area contributed by atoms with E-state index < -0.39 is 0 Å². The fourth-order valence-corrected chi connectivity index (χ4v) is 3.83. The van der Waals surface area contributed by atoms with Crippen LogP contribution in [0.15, 0.2) is 36.4 Å². The Morgan fingerprint density at radius 2 is 1.52 bits per heavy atom. The van der Waals surface area contributed by atoms with Crippen molar-refractivity contribution < 1.29 is 19.0 Å². The van der Waals surface area contributed by atoms with E-state index in [1.54, 1.807) is 21.3 Å². The highest BCUT2D eigenvalue weighted by Gasteiger charge is 2.20. The highest BCUT2D eigenvalue weighted by atomic mass is 16.5. The third kappa shape index (κ3) is 6.35. The van der Waals surface area contributed by atoms with Gasteiger partial charge in [-0.3, -0.25) is 14.6 Å². The molecule has 0 unspecified atom stereocenters. The summed E-state index contributed by atoms with van der Waals surface area (Å²) in [7, 11) is 4.93. The number of benzene rings is 2. The van der Waals surface area contributed by atoms with E-state index in [0.29, 0.717) is 24.6 Å². The molecule has 1 saturated heterocycles. The first-order valence-corrected chi connectivity index (χ1v) is 10.6. The highest BCUT2D eigenvalue weighted by molar-refractivity contribution is 5.78. The molecule has 1 aliphatic rings. The maximum Gasteiger partial charge on any atom is 0.234 e. The first-order valence-electron chi connectivity index (χ1n) is 10.6. The maximum atomic E-state index is 12.4. The van der Waals surface area contributed by atoms with Crippen LogP contribution in [0.3, 0.4) is 0 Å². The molecule has 0 aliphatic carbocycles. The summed E-state index contributed by atoms with van der Waals surface area (Å²) in [5.41, 5.74) is 3.42. The SMILES string of the molecule is COc1ccc(C)cc1CN1CCN(CC(=O)NCc2ccc(OC)c(OC)c2)CC1. The van der Waals surface area contributed by atoms with Crippen LogP contribution in [0.5, 0.6) is 17.2 Å². The Kier molecular flexibility index (Phi) is 8.14. The molecule has 2 aromatic carbocycles. The predicted molar refractivity (Wildman–Crippen MR) is 121 cm³/mol. The quantitative estimate of drug-likeness (QED) is 0.663. The monoisotopic (exact) mass is 427 g/mol. The molecule has 1 amide bonds. The van der Waals surface area contributed by atoms with Gasteiger partial charge in [0.05, 0.1) is 27.9 Å². The molecule has 0 radical (unpaired) electrons. The molecule has 168 valence electrons. The van der Waals surface area contributed by atoms with Crippen molar-refractivity contribution in [1.29, 1.82) is 0 Å². The number of nitrogens with zero attached hydrogens (tertiary/aromatic N) is 2. The Morgan fingerprint density at radius 3 is 2.19 bits per heavy atom. The zero-order valence-electron chi connectivity index (χ0n) is 18.9. The van der Waals surface area contributed by atoms with Gasteiger partial charge in [0.2, 0.25) is 5.91 Å². The van der Waals surface area contributed by atoms with Crippen LogP contribution >= 0.6 is 0 Å². The number of hydrogen-bond donors (Lipinski definition) is 1. The molecular weight excluding hydrogens is 394 g/mol. The first-order chi connectivity index (χ1) is 15.0. The van der Waals surface area contributed by atoms with Crippen LogP contribution in [-0.2, 0) is 17.9 Å². The van der Waals surface area contributed by atoms with E-state index in [0.717, 1.165) is 44.0 Å². The molecule has 31 heavy (non-hydrogen) atoms. The van der Waals surface area contributed by atoms with Gasteiger partial charge in [-0.05, 0) is 30.7 Å². The molecule has 3 rings (SSSR count). The molecule has 7 nitrogen and oxygen atoms in total. The summed E-state index contributed by atoms with van der Waals surface area (Å²) < 4.78 is 16.1. The van der Waals surface area contributed by atoms with Crippen LogP contribution in [0.2, 0.25) is 0 Å². The summed E-state index contributed by atoms with van der Waals surface area (Å²) in [4.78, 5) is 17.0. The number of carbonyl (C=O) groups is 1. The van der Waals surface area contributed by atoms with E-state index in [4.69, 9.17) is 14.2 Å². The molecule has 0 atom stereocenters. The van der Waals surface area contributed by atoms with Crippen molar-refractivity contribution in [3.05, 3.63) is 53.1 Å². The topological polar surface area (TPSA) is 63.3 Å². The molecule has 1 aliphatic heterocycles. The van der Waals surface area contributed by atoms with Crippen molar-refractivity contribution in [2.24, 2.45) is 0 Å². The standard InChI is InChI=1S/C24H33N3O4/c1-18-5-7-21(29-2)20(13-18)16-26-9-11-27(12-10-26)17-24(28)25-15-19-6-8-22(30-3)23(14-19)31-4/h5-8,13-14H,9-12,15-17H2,1-4H3,(H,25,28). The Labute approximate surface area is 184 Å². The second-order valence-electron chi connectivity index (χ2n) is 7.83. The van der Waals surface area contributed by atoms with Crippen LogP contribution in [0.25, 0.3) is 0 Å². The van der Waals surface area contributed by atoms with Crippen LogP contribution < -0.4 is 19.5 Å². The van der Waals surface area contributed by atoms with Crippen molar-refractivity contribution >= 4 is 5.91 Å². The average molecular weight is 428 g/mol. The van der Waals surface area contributed by atoms with Gasteiger partial charge in [0.1, 0.15) is 5.75 Å². The number of amides is 1. The summed E-state index contributed by atoms with van der Waals surface area (Å²) in [5.74, 6) is 2.31. The predicted octanol–water partition coefficient (Wildman–Crippen LogP) is 2.45. The van der Waals surface area contributed by atoms with Crippen molar-refractivity contribution in [3.8, 4) is 17.2 Å². The molecule has 0 bridgehead atoms. The number of aryl methyl sites for hydroxylation is 1. The molecular formula is C24H33N3O4. The molecule has 0 aromatic heterocycles. The largest absolute Gasteiger partial charge is 0.496 e. The molecule has 1 heterocycles. The summed E-state index contributed by atoms with van der Waals surface area (Å²) in [6.07, 6.45) is 0. The minimum atomic E-state index is 0.0311. The lowest BCUT2D eigenvalue weighted by Crippen LogP contribution is -2.49. The van der Waals surface area contributed by atoms with E-state index in [1.807, 2.05) is 24.3 Å². The molecule has 1 fully saturated rings. The lowest BCUT2D eigenvalue weighted by Gasteiger charge is -2.34. The lowest BCUT2D eigenvalue weighted by atomic mass is 10.1. The Bertz CT molecular complexity index is 879. The number of hydrogen-bond acceptors (Lipinski definition) is 6. The zero-order chi connectivity index (χ0) is 22.2. The molecule has 0 saturated carbocycles. The third-order valence-corrected chi connectivity index (χ3v) is 5.60. The number of ether oxygens (including phenoxy) is 3. The summed E-state index contributed by atoms with van der Waals surface area (Å²) in [6, 6.07) is 12.0. The van der Waals surface area contributed by atoms with Gasteiger partial charge < -0.3 is 19.5 Å². The maximum absolute atomic E-state index is 12.4. The number of rotatable bonds is 9. The molecule has 0 spiro atoms. The van der Waals surface area contributed by atoms with Gasteiger partial charge in [-0.1, -0.05) is 23.8 Å². The summed E-state index contributed by atoms with van der Waals surface area (Å²) in [5, 5.41) is 3.00. The van der Waals surface area contributed by atoms with E-state index in [9.17, 15) is 4.79 Å². The van der Waals surface area contributed by atoms with Crippen molar-refractivity contribution in [2.75, 3.05) is 54.1 Å². The number of methoxy groups -OCH3 is 3. The molecule has 1 N–H and O–H groups in total. The second kappa shape index (κ2) is 11.0. The Hall–Kier alpha value is -2.77. The van der Waals surface area contributed by atoms with E-state index in [-0.39, 0.29) is 5.91 Å². The summed E-state index contributed by atoms with van der Waals surface area (Å²) in [6.45, 7) is 7.45. The number of carbonyl (C=O) groups excluding carboxylic acids is 1. The number of nitrogens with one attached hydrogen (secondary N) is 1. The average Bonchev–Trinajstić information content (AvgIpc) is 2.79. The van der Waals surface area contributed by atoms with E-state index in [2.05, 4.69) is 34.2 Å². The second-order valence-corrected chi connectivity index (χ2v) is 7.83. The van der Waals surface area contributed by atoms with Crippen molar-refractivity contribution in [3.63, 3.8) is 0 Å². The third-order valence-electron chi connectivity index (χ3n) is 5.60. The minimum absolute atomic E-state index is 0.0311. The summed E-state index contributed by atoms with van der Waals surface area (Å²) >= 11 is 0. The highest BCUT2D eigenvalue weighted by Crippen LogP contribution is 2.27. The van der Waals surface area contributed by atoms with Crippen LogP contribution in [-0.4, -0.2) is 69.8 Å². The van der Waals surface area contributed by atoms with Gasteiger partial charge in [-0.2, -0.15) is 0 Å². The van der Waals surface area contributed by atoms with Gasteiger partial charge in [-0.15, -0.1) is 0 Å². The van der Waals surface area contributed by atoms with Gasteiger partial charge in [0.25, 0.3) is 0 Å². The van der Waals surface area contributed by atoms with Crippen LogP contribution in [0.4, 0.5) is 0 Å². The molecule has 2 aromatic rings. The van der Waals surface area contributed by atoms with Gasteiger partial charge in [-0.25, -0.2) is 0 Å². The molecule has 7 heteroatoms. The fourth-order valence-electron chi connectivity index (χ4n) is 3.83. The van der Waals surface area contributed by atoms with E-state index >= 15 is 0 Å². The van der Waals surface area contributed by atoms with Crippen LogP contribution in [0.1, 0.15) is 16.7 Å². The van der Waals surface area contributed by atoms with Gasteiger partial charge >= 0.3 is 0 Å². The van der Waals surface area contributed by atoms with E-state index in [1.165, 1.54) is 11.1 Å². The Balaban J connectivity index is 1.43. The van der Waals surface area contributed by atoms with Crippen molar-refractivity contribution in [1.82, 2.24) is 15.1 Å². The zero-order valence-corrected chi connectivity index (χ0v) is 18.9. The normalized spacial score (nSPS) is 14.8. The van der Waals surface area contributed by atoms with Gasteiger partial charge in [0.15, 0.2) is 11.5 Å². The number of piperazine rings is 1. The minimum Gasteiger partial charge on any atom is -0.496 e. The van der Waals surface area contributed by atoms with Crippen LogP contribution in [0, 0.1) is 6.92 Å². The van der Waals surface area contributed by atoms with Gasteiger partial charge in [0, 0.05) is 44.8 Å².